The maximum Gasteiger partial charge on any atom is 0.360 e. The van der Waals surface area contributed by atoms with E-state index in [1.165, 1.54) is 5.56 Å². The van der Waals surface area contributed by atoms with Crippen LogP contribution < -0.4 is 5.73 Å². The Hall–Kier alpha value is -2.30. The van der Waals surface area contributed by atoms with Gasteiger partial charge in [0.2, 0.25) is 0 Å². The summed E-state index contributed by atoms with van der Waals surface area (Å²) >= 11 is 0. The number of rotatable bonds is 4. The number of ether oxygens (including phenoxy) is 1. The number of aryl methyl sites for hydroxylation is 2. The van der Waals surface area contributed by atoms with Crippen LogP contribution in [0.1, 0.15) is 47.3 Å². The first-order valence-corrected chi connectivity index (χ1v) is 7.04. The molecule has 0 saturated carbocycles. The van der Waals surface area contributed by atoms with Gasteiger partial charge in [-0.15, -0.1) is 0 Å². The van der Waals surface area contributed by atoms with Gasteiger partial charge in [0, 0.05) is 0 Å². The van der Waals surface area contributed by atoms with E-state index in [0.717, 1.165) is 5.56 Å². The highest BCUT2D eigenvalue weighted by Crippen LogP contribution is 2.27. The lowest BCUT2D eigenvalue weighted by Gasteiger charge is -2.19. The van der Waals surface area contributed by atoms with Crippen LogP contribution in [0.25, 0.3) is 0 Å². The molecule has 0 bridgehead atoms. The highest BCUT2D eigenvalue weighted by atomic mass is 16.5. The highest BCUT2D eigenvalue weighted by molar-refractivity contribution is 5.92. The molecule has 2 N–H and O–H groups in total. The molecule has 112 valence electrons. The number of nitrogens with two attached hydrogens (primary N) is 1. The molecular formula is C16H21N3O2. The normalized spacial score (nSPS) is 12.2. The van der Waals surface area contributed by atoms with Crippen molar-refractivity contribution >= 4 is 11.8 Å². The van der Waals surface area contributed by atoms with Crippen LogP contribution in [0.15, 0.2) is 24.3 Å². The van der Waals surface area contributed by atoms with E-state index in [0.29, 0.717) is 18.2 Å². The standard InChI is InChI=1S/C16H21N3O2/c1-5-21-16(20)14-15(17)19(12(4)18-14)11(3)13-9-7-6-8-10(13)2/h6-9,11H,5,17H2,1-4H3. The summed E-state index contributed by atoms with van der Waals surface area (Å²) in [4.78, 5) is 16.1. The fourth-order valence-corrected chi connectivity index (χ4v) is 2.59. The second-order valence-electron chi connectivity index (χ2n) is 5.02. The van der Waals surface area contributed by atoms with Gasteiger partial charge in [-0.05, 0) is 38.8 Å². The Bertz CT molecular complexity index is 662. The van der Waals surface area contributed by atoms with E-state index < -0.39 is 5.97 Å². The first kappa shape index (κ1) is 15.1. The zero-order valence-corrected chi connectivity index (χ0v) is 12.9. The smallest absolute Gasteiger partial charge is 0.360 e. The Balaban J connectivity index is 2.45. The Labute approximate surface area is 124 Å². The number of benzene rings is 1. The second-order valence-corrected chi connectivity index (χ2v) is 5.02. The monoisotopic (exact) mass is 287 g/mol. The molecule has 0 spiro atoms. The molecule has 5 heteroatoms. The molecule has 1 unspecified atom stereocenters. The first-order valence-electron chi connectivity index (χ1n) is 7.04. The van der Waals surface area contributed by atoms with Crippen LogP contribution in [0.2, 0.25) is 0 Å². The topological polar surface area (TPSA) is 70.1 Å². The van der Waals surface area contributed by atoms with E-state index in [-0.39, 0.29) is 11.7 Å². The molecule has 2 aromatic rings. The van der Waals surface area contributed by atoms with Gasteiger partial charge in [0.15, 0.2) is 5.69 Å². The van der Waals surface area contributed by atoms with Crippen LogP contribution in [0, 0.1) is 13.8 Å². The Morgan fingerprint density at radius 3 is 2.67 bits per heavy atom. The second kappa shape index (κ2) is 5.99. The molecular weight excluding hydrogens is 266 g/mol. The van der Waals surface area contributed by atoms with Crippen molar-refractivity contribution in [2.24, 2.45) is 0 Å². The maximum atomic E-state index is 11.9. The molecule has 0 aliphatic heterocycles. The molecule has 1 aromatic heterocycles. The lowest BCUT2D eigenvalue weighted by Crippen LogP contribution is -2.14. The summed E-state index contributed by atoms with van der Waals surface area (Å²) in [5.41, 5.74) is 8.64. The fraction of sp³-hybridized carbons (Fsp3) is 0.375. The molecule has 1 aromatic carbocycles. The van der Waals surface area contributed by atoms with Gasteiger partial charge in [0.05, 0.1) is 12.6 Å². The molecule has 5 nitrogen and oxygen atoms in total. The van der Waals surface area contributed by atoms with Crippen LogP contribution in [-0.2, 0) is 4.74 Å². The Kier molecular flexibility index (Phi) is 4.31. The van der Waals surface area contributed by atoms with Gasteiger partial charge < -0.3 is 15.0 Å². The molecule has 0 aliphatic carbocycles. The van der Waals surface area contributed by atoms with Gasteiger partial charge in [-0.3, -0.25) is 0 Å². The number of anilines is 1. The average Bonchev–Trinajstić information content (AvgIpc) is 2.74. The van der Waals surface area contributed by atoms with Crippen molar-refractivity contribution in [3.8, 4) is 0 Å². The molecule has 21 heavy (non-hydrogen) atoms. The summed E-state index contributed by atoms with van der Waals surface area (Å²) in [5.74, 6) is 0.571. The molecule has 0 amide bonds. The van der Waals surface area contributed by atoms with Gasteiger partial charge in [-0.1, -0.05) is 24.3 Å². The van der Waals surface area contributed by atoms with Crippen molar-refractivity contribution in [2.75, 3.05) is 12.3 Å². The van der Waals surface area contributed by atoms with Crippen LogP contribution in [0.4, 0.5) is 5.82 Å². The van der Waals surface area contributed by atoms with E-state index in [2.05, 4.69) is 24.0 Å². The van der Waals surface area contributed by atoms with Crippen molar-refractivity contribution in [3.05, 3.63) is 46.9 Å². The quantitative estimate of drug-likeness (QED) is 0.878. The maximum absolute atomic E-state index is 11.9. The molecule has 0 radical (unpaired) electrons. The minimum absolute atomic E-state index is 0.00174. The van der Waals surface area contributed by atoms with Gasteiger partial charge >= 0.3 is 5.97 Å². The summed E-state index contributed by atoms with van der Waals surface area (Å²) in [7, 11) is 0. The fourth-order valence-electron chi connectivity index (χ4n) is 2.59. The van der Waals surface area contributed by atoms with E-state index in [1.807, 2.05) is 30.5 Å². The number of aromatic nitrogens is 2. The molecule has 1 atom stereocenters. The van der Waals surface area contributed by atoms with E-state index in [4.69, 9.17) is 10.5 Å². The van der Waals surface area contributed by atoms with E-state index in [1.54, 1.807) is 6.92 Å². The third-order valence-corrected chi connectivity index (χ3v) is 3.62. The minimum atomic E-state index is -0.478. The predicted molar refractivity (Wildman–Crippen MR) is 82.3 cm³/mol. The summed E-state index contributed by atoms with van der Waals surface area (Å²) in [6.07, 6.45) is 0. The van der Waals surface area contributed by atoms with Crippen molar-refractivity contribution in [2.45, 2.75) is 33.7 Å². The van der Waals surface area contributed by atoms with E-state index >= 15 is 0 Å². The number of carbonyl (C=O) groups is 1. The van der Waals surface area contributed by atoms with Crippen LogP contribution in [-0.4, -0.2) is 22.1 Å². The molecule has 0 fully saturated rings. The van der Waals surface area contributed by atoms with Crippen molar-refractivity contribution in [1.82, 2.24) is 9.55 Å². The Morgan fingerprint density at radius 1 is 1.38 bits per heavy atom. The molecule has 2 rings (SSSR count). The van der Waals surface area contributed by atoms with Crippen LogP contribution in [0.5, 0.6) is 0 Å². The largest absolute Gasteiger partial charge is 0.461 e. The SMILES string of the molecule is CCOC(=O)c1nc(C)n(C(C)c2ccccc2C)c1N. The number of hydrogen-bond donors (Lipinski definition) is 1. The number of hydrogen-bond acceptors (Lipinski definition) is 4. The lowest BCUT2D eigenvalue weighted by molar-refractivity contribution is 0.0521. The van der Waals surface area contributed by atoms with E-state index in [9.17, 15) is 4.79 Å². The number of imidazole rings is 1. The van der Waals surface area contributed by atoms with Gasteiger partial charge in [0.1, 0.15) is 11.6 Å². The predicted octanol–water partition coefficient (Wildman–Crippen LogP) is 2.87. The zero-order chi connectivity index (χ0) is 15.6. The first-order chi connectivity index (χ1) is 9.97. The number of esters is 1. The molecule has 1 heterocycles. The Morgan fingerprint density at radius 2 is 2.05 bits per heavy atom. The highest BCUT2D eigenvalue weighted by Gasteiger charge is 2.23. The van der Waals surface area contributed by atoms with Crippen LogP contribution in [0.3, 0.4) is 0 Å². The minimum Gasteiger partial charge on any atom is -0.461 e. The van der Waals surface area contributed by atoms with Crippen molar-refractivity contribution in [1.29, 1.82) is 0 Å². The number of nitrogens with zero attached hydrogens (tertiary/aromatic N) is 2. The van der Waals surface area contributed by atoms with Crippen molar-refractivity contribution in [3.63, 3.8) is 0 Å². The van der Waals surface area contributed by atoms with Crippen LogP contribution >= 0.6 is 0 Å². The summed E-state index contributed by atoms with van der Waals surface area (Å²) in [6.45, 7) is 8.00. The van der Waals surface area contributed by atoms with Crippen molar-refractivity contribution < 1.29 is 9.53 Å². The van der Waals surface area contributed by atoms with Gasteiger partial charge in [0.25, 0.3) is 0 Å². The number of carbonyl (C=O) groups excluding carboxylic acids is 1. The van der Waals surface area contributed by atoms with Gasteiger partial charge in [-0.25, -0.2) is 9.78 Å². The zero-order valence-electron chi connectivity index (χ0n) is 12.9. The third-order valence-electron chi connectivity index (χ3n) is 3.62. The summed E-state index contributed by atoms with van der Waals surface area (Å²) in [5, 5.41) is 0. The third kappa shape index (κ3) is 2.77. The van der Waals surface area contributed by atoms with Gasteiger partial charge in [-0.2, -0.15) is 0 Å². The summed E-state index contributed by atoms with van der Waals surface area (Å²) in [6, 6.07) is 8.11. The summed E-state index contributed by atoms with van der Waals surface area (Å²) < 4.78 is 6.86. The molecule has 0 aliphatic rings. The molecule has 0 saturated heterocycles. The number of nitrogen functional groups attached to an aromatic ring is 1. The average molecular weight is 287 g/mol. The lowest BCUT2D eigenvalue weighted by atomic mass is 10.0.